The molecule has 0 spiro atoms. The summed E-state index contributed by atoms with van der Waals surface area (Å²) in [5, 5.41) is 5.55. The molecular formula is C22H22ClN3O2. The normalized spacial score (nSPS) is 17.2. The van der Waals surface area contributed by atoms with Crippen molar-refractivity contribution >= 4 is 28.2 Å². The van der Waals surface area contributed by atoms with E-state index in [0.717, 1.165) is 60.6 Å². The van der Waals surface area contributed by atoms with Gasteiger partial charge in [-0.25, -0.2) is 0 Å². The highest BCUT2D eigenvalue weighted by Gasteiger charge is 2.21. The molecule has 0 radical (unpaired) electrons. The van der Waals surface area contributed by atoms with Gasteiger partial charge in [-0.15, -0.1) is 0 Å². The number of nitrogens with zero attached hydrogens (tertiary/aromatic N) is 2. The molecule has 1 aromatic heterocycles. The van der Waals surface area contributed by atoms with Crippen molar-refractivity contribution in [2.24, 2.45) is 0 Å². The predicted molar refractivity (Wildman–Crippen MR) is 111 cm³/mol. The minimum absolute atomic E-state index is 0.325. The Morgan fingerprint density at radius 2 is 1.89 bits per heavy atom. The first kappa shape index (κ1) is 17.6. The molecule has 0 aliphatic carbocycles. The Labute approximate surface area is 169 Å². The summed E-state index contributed by atoms with van der Waals surface area (Å²) in [6.45, 7) is 3.41. The second kappa shape index (κ2) is 7.49. The van der Waals surface area contributed by atoms with Crippen LogP contribution in [0, 0.1) is 0 Å². The van der Waals surface area contributed by atoms with E-state index in [0.29, 0.717) is 17.9 Å². The molecule has 0 amide bonds. The number of ether oxygens (including phenoxy) is 2. The van der Waals surface area contributed by atoms with E-state index in [4.69, 9.17) is 21.1 Å². The maximum absolute atomic E-state index is 6.10. The van der Waals surface area contributed by atoms with Crippen LogP contribution in [0.4, 0.5) is 5.69 Å². The summed E-state index contributed by atoms with van der Waals surface area (Å²) in [5.74, 6) is 1.70. The molecule has 2 aliphatic rings. The van der Waals surface area contributed by atoms with E-state index in [-0.39, 0.29) is 0 Å². The maximum Gasteiger partial charge on any atom is 0.231 e. The number of piperidine rings is 1. The average Bonchev–Trinajstić information content (AvgIpc) is 3.17. The fraction of sp³-hybridized carbons (Fsp3) is 0.318. The van der Waals surface area contributed by atoms with Gasteiger partial charge in [-0.3, -0.25) is 9.88 Å². The van der Waals surface area contributed by atoms with Gasteiger partial charge in [0, 0.05) is 48.0 Å². The van der Waals surface area contributed by atoms with Crippen LogP contribution in [-0.4, -0.2) is 35.8 Å². The summed E-state index contributed by atoms with van der Waals surface area (Å²) in [6, 6.07) is 14.6. The van der Waals surface area contributed by atoms with Gasteiger partial charge >= 0.3 is 0 Å². The summed E-state index contributed by atoms with van der Waals surface area (Å²) in [7, 11) is 0. The SMILES string of the molecule is Clc1ccc2c(NC3CCN(Cc4ccc5c(c4)OCO5)CC3)ccnc2c1. The first-order valence-corrected chi connectivity index (χ1v) is 10.0. The summed E-state index contributed by atoms with van der Waals surface area (Å²) >= 11 is 6.10. The molecule has 1 fully saturated rings. The lowest BCUT2D eigenvalue weighted by molar-refractivity contribution is 0.173. The minimum Gasteiger partial charge on any atom is -0.454 e. The third kappa shape index (κ3) is 3.60. The van der Waals surface area contributed by atoms with Crippen molar-refractivity contribution in [1.82, 2.24) is 9.88 Å². The number of aromatic nitrogens is 1. The van der Waals surface area contributed by atoms with E-state index in [2.05, 4.69) is 33.4 Å². The number of halogens is 1. The molecule has 5 rings (SSSR count). The molecule has 0 atom stereocenters. The standard InChI is InChI=1S/C22H22ClN3O2/c23-16-2-3-18-19(5-8-24-20(18)12-16)25-17-6-9-26(10-7-17)13-15-1-4-21-22(11-15)28-14-27-21/h1-5,8,11-12,17H,6-7,9-10,13-14H2,(H,24,25). The number of anilines is 1. The highest BCUT2D eigenvalue weighted by Crippen LogP contribution is 2.33. The Balaban J connectivity index is 1.21. The minimum atomic E-state index is 0.325. The first-order chi connectivity index (χ1) is 13.7. The van der Waals surface area contributed by atoms with Gasteiger partial charge in [0.25, 0.3) is 0 Å². The van der Waals surface area contributed by atoms with Gasteiger partial charge in [0.1, 0.15) is 0 Å². The van der Waals surface area contributed by atoms with Crippen molar-refractivity contribution in [3.63, 3.8) is 0 Å². The van der Waals surface area contributed by atoms with Crippen LogP contribution >= 0.6 is 11.6 Å². The molecule has 0 unspecified atom stereocenters. The molecule has 6 heteroatoms. The van der Waals surface area contributed by atoms with Crippen LogP contribution in [0.25, 0.3) is 10.9 Å². The molecule has 3 heterocycles. The second-order valence-electron chi connectivity index (χ2n) is 7.40. The average molecular weight is 396 g/mol. The summed E-state index contributed by atoms with van der Waals surface area (Å²) in [6.07, 6.45) is 4.07. The van der Waals surface area contributed by atoms with E-state index >= 15 is 0 Å². The van der Waals surface area contributed by atoms with Gasteiger partial charge in [-0.2, -0.15) is 0 Å². The Kier molecular flexibility index (Phi) is 4.71. The van der Waals surface area contributed by atoms with Crippen LogP contribution in [-0.2, 0) is 6.54 Å². The van der Waals surface area contributed by atoms with E-state index in [1.807, 2.05) is 30.5 Å². The largest absolute Gasteiger partial charge is 0.454 e. The van der Waals surface area contributed by atoms with Crippen molar-refractivity contribution in [3.05, 3.63) is 59.2 Å². The monoisotopic (exact) mass is 395 g/mol. The highest BCUT2D eigenvalue weighted by atomic mass is 35.5. The number of likely N-dealkylation sites (tertiary alicyclic amines) is 1. The van der Waals surface area contributed by atoms with Gasteiger partial charge in [0.2, 0.25) is 6.79 Å². The summed E-state index contributed by atoms with van der Waals surface area (Å²) in [4.78, 5) is 6.93. The number of benzene rings is 2. The van der Waals surface area contributed by atoms with Crippen LogP contribution in [0.3, 0.4) is 0 Å². The van der Waals surface area contributed by atoms with Crippen molar-refractivity contribution in [1.29, 1.82) is 0 Å². The Bertz CT molecular complexity index is 1000. The van der Waals surface area contributed by atoms with Gasteiger partial charge in [-0.05, 0) is 54.8 Å². The van der Waals surface area contributed by atoms with Crippen molar-refractivity contribution in [2.75, 3.05) is 25.2 Å². The molecule has 1 saturated heterocycles. The molecule has 0 bridgehead atoms. The highest BCUT2D eigenvalue weighted by molar-refractivity contribution is 6.31. The van der Waals surface area contributed by atoms with Crippen LogP contribution in [0.15, 0.2) is 48.7 Å². The fourth-order valence-electron chi connectivity index (χ4n) is 4.00. The van der Waals surface area contributed by atoms with Gasteiger partial charge in [-0.1, -0.05) is 17.7 Å². The van der Waals surface area contributed by atoms with Gasteiger partial charge < -0.3 is 14.8 Å². The van der Waals surface area contributed by atoms with Gasteiger partial charge in [0.15, 0.2) is 11.5 Å². The Morgan fingerprint density at radius 1 is 1.04 bits per heavy atom. The van der Waals surface area contributed by atoms with Crippen LogP contribution in [0.5, 0.6) is 11.5 Å². The van der Waals surface area contributed by atoms with Gasteiger partial charge in [0.05, 0.1) is 5.52 Å². The lowest BCUT2D eigenvalue weighted by Crippen LogP contribution is -2.38. The van der Waals surface area contributed by atoms with Crippen molar-refractivity contribution in [3.8, 4) is 11.5 Å². The molecule has 2 aromatic carbocycles. The second-order valence-corrected chi connectivity index (χ2v) is 7.84. The zero-order chi connectivity index (χ0) is 18.9. The molecule has 2 aliphatic heterocycles. The molecule has 144 valence electrons. The molecule has 28 heavy (non-hydrogen) atoms. The van der Waals surface area contributed by atoms with E-state index in [9.17, 15) is 0 Å². The molecule has 0 saturated carbocycles. The topological polar surface area (TPSA) is 46.6 Å². The van der Waals surface area contributed by atoms with Crippen LogP contribution < -0.4 is 14.8 Å². The third-order valence-electron chi connectivity index (χ3n) is 5.50. The maximum atomic E-state index is 6.10. The molecular weight excluding hydrogens is 374 g/mol. The zero-order valence-corrected chi connectivity index (χ0v) is 16.3. The number of hydrogen-bond acceptors (Lipinski definition) is 5. The van der Waals surface area contributed by atoms with E-state index in [1.54, 1.807) is 0 Å². The number of fused-ring (bicyclic) bond motifs is 2. The van der Waals surface area contributed by atoms with Crippen LogP contribution in [0.1, 0.15) is 18.4 Å². The molecule has 5 nitrogen and oxygen atoms in total. The smallest absolute Gasteiger partial charge is 0.231 e. The van der Waals surface area contributed by atoms with Crippen molar-refractivity contribution < 1.29 is 9.47 Å². The lowest BCUT2D eigenvalue weighted by atomic mass is 10.0. The quantitative estimate of drug-likeness (QED) is 0.694. The summed E-state index contributed by atoms with van der Waals surface area (Å²) < 4.78 is 10.9. The lowest BCUT2D eigenvalue weighted by Gasteiger charge is -2.33. The van der Waals surface area contributed by atoms with E-state index < -0.39 is 0 Å². The zero-order valence-electron chi connectivity index (χ0n) is 15.5. The Morgan fingerprint density at radius 3 is 2.79 bits per heavy atom. The number of hydrogen-bond donors (Lipinski definition) is 1. The number of nitrogens with one attached hydrogen (secondary N) is 1. The van der Waals surface area contributed by atoms with E-state index in [1.165, 1.54) is 5.56 Å². The predicted octanol–water partition coefficient (Wildman–Crippen LogP) is 4.69. The Hall–Kier alpha value is -2.50. The summed E-state index contributed by atoms with van der Waals surface area (Å²) in [5.41, 5.74) is 3.33. The molecule has 1 N–H and O–H groups in total. The number of rotatable bonds is 4. The van der Waals surface area contributed by atoms with Crippen molar-refractivity contribution in [2.45, 2.75) is 25.4 Å². The fourth-order valence-corrected chi connectivity index (χ4v) is 4.17. The van der Waals surface area contributed by atoms with Crippen LogP contribution in [0.2, 0.25) is 5.02 Å². The first-order valence-electron chi connectivity index (χ1n) is 9.66. The number of pyridine rings is 1. The molecule has 3 aromatic rings. The third-order valence-corrected chi connectivity index (χ3v) is 5.73.